The normalized spacial score (nSPS) is 11.2. The van der Waals surface area contributed by atoms with E-state index in [9.17, 15) is 0 Å². The fourth-order valence-corrected chi connectivity index (χ4v) is 3.13. The molecule has 0 amide bonds. The van der Waals surface area contributed by atoms with Crippen molar-refractivity contribution < 1.29 is 0 Å². The van der Waals surface area contributed by atoms with E-state index in [-0.39, 0.29) is 0 Å². The lowest BCUT2D eigenvalue weighted by molar-refractivity contribution is 0.542. The third kappa shape index (κ3) is 5.73. The second-order valence-corrected chi connectivity index (χ2v) is 7.11. The van der Waals surface area contributed by atoms with Gasteiger partial charge in [-0.2, -0.15) is 0 Å². The standard InChI is InChI=1S/C16H22ClN3S/c1-12(2)11-18-9-5-8-15-19-20-16(21-15)10-13-6-3-4-7-14(13)17/h3-4,6-7,12,18H,5,8-11H2,1-2H3. The molecular weight excluding hydrogens is 302 g/mol. The number of halogens is 1. The number of aromatic nitrogens is 2. The number of rotatable bonds is 8. The van der Waals surface area contributed by atoms with Crippen molar-refractivity contribution in [1.82, 2.24) is 15.5 Å². The quantitative estimate of drug-likeness (QED) is 0.747. The molecule has 5 heteroatoms. The molecule has 0 unspecified atom stereocenters. The zero-order chi connectivity index (χ0) is 15.1. The van der Waals surface area contributed by atoms with Crippen molar-refractivity contribution in [3.05, 3.63) is 44.9 Å². The Labute approximate surface area is 135 Å². The van der Waals surface area contributed by atoms with E-state index in [1.54, 1.807) is 11.3 Å². The van der Waals surface area contributed by atoms with Crippen molar-refractivity contribution in [2.45, 2.75) is 33.1 Å². The molecule has 0 aliphatic rings. The molecule has 2 aromatic rings. The van der Waals surface area contributed by atoms with Gasteiger partial charge in [0, 0.05) is 17.9 Å². The van der Waals surface area contributed by atoms with Crippen LogP contribution in [0.3, 0.4) is 0 Å². The molecule has 114 valence electrons. The van der Waals surface area contributed by atoms with Crippen LogP contribution in [0.2, 0.25) is 5.02 Å². The molecule has 0 atom stereocenters. The summed E-state index contributed by atoms with van der Waals surface area (Å²) in [6.07, 6.45) is 2.86. The summed E-state index contributed by atoms with van der Waals surface area (Å²) < 4.78 is 0. The Balaban J connectivity index is 1.78. The average molecular weight is 324 g/mol. The van der Waals surface area contributed by atoms with Crippen molar-refractivity contribution in [1.29, 1.82) is 0 Å². The molecule has 1 N–H and O–H groups in total. The van der Waals surface area contributed by atoms with Crippen molar-refractivity contribution in [3.8, 4) is 0 Å². The third-order valence-electron chi connectivity index (χ3n) is 3.10. The number of nitrogens with one attached hydrogen (secondary N) is 1. The summed E-state index contributed by atoms with van der Waals surface area (Å²) in [5.74, 6) is 0.703. The molecule has 0 aliphatic carbocycles. The molecule has 21 heavy (non-hydrogen) atoms. The summed E-state index contributed by atoms with van der Waals surface area (Å²) in [6, 6.07) is 7.91. The summed E-state index contributed by atoms with van der Waals surface area (Å²) >= 11 is 7.87. The monoisotopic (exact) mass is 323 g/mol. The Morgan fingerprint density at radius 2 is 1.95 bits per heavy atom. The van der Waals surface area contributed by atoms with E-state index in [1.165, 1.54) is 0 Å². The van der Waals surface area contributed by atoms with E-state index < -0.39 is 0 Å². The topological polar surface area (TPSA) is 37.8 Å². The van der Waals surface area contributed by atoms with Crippen LogP contribution < -0.4 is 5.32 Å². The first-order valence-corrected chi connectivity index (χ1v) is 8.60. The van der Waals surface area contributed by atoms with E-state index in [4.69, 9.17) is 11.6 Å². The van der Waals surface area contributed by atoms with Gasteiger partial charge in [0.2, 0.25) is 0 Å². The lowest BCUT2D eigenvalue weighted by atomic mass is 10.2. The minimum absolute atomic E-state index is 0.703. The van der Waals surface area contributed by atoms with Gasteiger partial charge in [0.15, 0.2) is 0 Å². The van der Waals surface area contributed by atoms with Crippen LogP contribution in [0.1, 0.15) is 35.8 Å². The molecule has 2 rings (SSSR count). The average Bonchev–Trinajstić information content (AvgIpc) is 2.88. The van der Waals surface area contributed by atoms with Crippen molar-refractivity contribution >= 4 is 22.9 Å². The van der Waals surface area contributed by atoms with Crippen molar-refractivity contribution in [2.75, 3.05) is 13.1 Å². The summed E-state index contributed by atoms with van der Waals surface area (Å²) in [6.45, 7) is 6.56. The van der Waals surface area contributed by atoms with Gasteiger partial charge in [0.25, 0.3) is 0 Å². The Kier molecular flexibility index (Phi) is 6.61. The first kappa shape index (κ1) is 16.4. The molecule has 0 saturated carbocycles. The van der Waals surface area contributed by atoms with Crippen LogP contribution in [0.4, 0.5) is 0 Å². The van der Waals surface area contributed by atoms with Gasteiger partial charge < -0.3 is 5.32 Å². The van der Waals surface area contributed by atoms with Crippen molar-refractivity contribution in [3.63, 3.8) is 0 Å². The first-order valence-electron chi connectivity index (χ1n) is 7.40. The van der Waals surface area contributed by atoms with E-state index in [2.05, 4.69) is 29.4 Å². The Bertz CT molecular complexity index is 554. The SMILES string of the molecule is CC(C)CNCCCc1nnc(Cc2ccccc2Cl)s1. The van der Waals surface area contributed by atoms with Gasteiger partial charge >= 0.3 is 0 Å². The largest absolute Gasteiger partial charge is 0.316 e. The molecule has 1 aromatic heterocycles. The van der Waals surface area contributed by atoms with E-state index in [0.717, 1.165) is 53.0 Å². The predicted molar refractivity (Wildman–Crippen MR) is 90.2 cm³/mol. The highest BCUT2D eigenvalue weighted by molar-refractivity contribution is 7.11. The van der Waals surface area contributed by atoms with Gasteiger partial charge in [-0.25, -0.2) is 0 Å². The molecule has 1 heterocycles. The molecule has 0 spiro atoms. The van der Waals surface area contributed by atoms with Gasteiger partial charge in [0.1, 0.15) is 10.0 Å². The third-order valence-corrected chi connectivity index (χ3v) is 4.46. The summed E-state index contributed by atoms with van der Waals surface area (Å²) in [4.78, 5) is 0. The number of hydrogen-bond donors (Lipinski definition) is 1. The fourth-order valence-electron chi connectivity index (χ4n) is 2.02. The second-order valence-electron chi connectivity index (χ2n) is 5.56. The lowest BCUT2D eigenvalue weighted by Gasteiger charge is -2.05. The molecule has 0 fully saturated rings. The Hall–Kier alpha value is -0.970. The van der Waals surface area contributed by atoms with Gasteiger partial charge in [-0.1, -0.05) is 43.6 Å². The smallest absolute Gasteiger partial charge is 0.121 e. The molecule has 3 nitrogen and oxygen atoms in total. The van der Waals surface area contributed by atoms with Crippen LogP contribution in [-0.2, 0) is 12.8 Å². The number of benzene rings is 1. The summed E-state index contributed by atoms with van der Waals surface area (Å²) in [5, 5.41) is 14.9. The van der Waals surface area contributed by atoms with Crippen LogP contribution in [0.25, 0.3) is 0 Å². The molecule has 1 aromatic carbocycles. The minimum atomic E-state index is 0.703. The summed E-state index contributed by atoms with van der Waals surface area (Å²) in [5.41, 5.74) is 1.11. The first-order chi connectivity index (χ1) is 10.1. The maximum atomic E-state index is 6.17. The van der Waals surface area contributed by atoms with E-state index in [1.807, 2.05) is 24.3 Å². The van der Waals surface area contributed by atoms with Crippen LogP contribution >= 0.6 is 22.9 Å². The van der Waals surface area contributed by atoms with Crippen LogP contribution in [0.15, 0.2) is 24.3 Å². The molecule has 0 aliphatic heterocycles. The maximum absolute atomic E-state index is 6.17. The molecule has 0 radical (unpaired) electrons. The maximum Gasteiger partial charge on any atom is 0.121 e. The number of hydrogen-bond acceptors (Lipinski definition) is 4. The van der Waals surface area contributed by atoms with Gasteiger partial charge in [-0.15, -0.1) is 21.5 Å². The Morgan fingerprint density at radius 1 is 1.19 bits per heavy atom. The van der Waals surface area contributed by atoms with E-state index >= 15 is 0 Å². The van der Waals surface area contributed by atoms with Gasteiger partial charge in [0.05, 0.1) is 0 Å². The van der Waals surface area contributed by atoms with Crippen molar-refractivity contribution in [2.24, 2.45) is 5.92 Å². The zero-order valence-corrected chi connectivity index (χ0v) is 14.2. The van der Waals surface area contributed by atoms with E-state index in [0.29, 0.717) is 5.92 Å². The molecule has 0 bridgehead atoms. The van der Waals surface area contributed by atoms with Gasteiger partial charge in [-0.05, 0) is 37.1 Å². The van der Waals surface area contributed by atoms with Crippen LogP contribution in [0, 0.1) is 5.92 Å². The van der Waals surface area contributed by atoms with Crippen LogP contribution in [0.5, 0.6) is 0 Å². The van der Waals surface area contributed by atoms with Crippen LogP contribution in [-0.4, -0.2) is 23.3 Å². The molecule has 0 saturated heterocycles. The zero-order valence-electron chi connectivity index (χ0n) is 12.6. The molecular formula is C16H22ClN3S. The highest BCUT2D eigenvalue weighted by Crippen LogP contribution is 2.21. The summed E-state index contributed by atoms with van der Waals surface area (Å²) in [7, 11) is 0. The lowest BCUT2D eigenvalue weighted by Crippen LogP contribution is -2.21. The second kappa shape index (κ2) is 8.47. The fraction of sp³-hybridized carbons (Fsp3) is 0.500. The minimum Gasteiger partial charge on any atom is -0.316 e. The van der Waals surface area contributed by atoms with Gasteiger partial charge in [-0.3, -0.25) is 0 Å². The predicted octanol–water partition coefficient (Wildman–Crippen LogP) is 3.96. The number of nitrogens with zero attached hydrogens (tertiary/aromatic N) is 2. The highest BCUT2D eigenvalue weighted by Gasteiger charge is 2.07. The Morgan fingerprint density at radius 3 is 2.71 bits per heavy atom. The number of aryl methyl sites for hydroxylation is 1. The highest BCUT2D eigenvalue weighted by atomic mass is 35.5.